The van der Waals surface area contributed by atoms with E-state index in [2.05, 4.69) is 4.74 Å². The average Bonchev–Trinajstić information content (AvgIpc) is 2.22. The summed E-state index contributed by atoms with van der Waals surface area (Å²) in [6, 6.07) is 1.84. The number of anilines is 1. The lowest BCUT2D eigenvalue weighted by Crippen LogP contribution is -2.32. The summed E-state index contributed by atoms with van der Waals surface area (Å²) < 4.78 is 30.5. The van der Waals surface area contributed by atoms with E-state index in [9.17, 15) is 18.7 Å². The van der Waals surface area contributed by atoms with E-state index < -0.39 is 22.8 Å². The number of hydrogen-bond donors (Lipinski definition) is 1. The molecule has 0 heterocycles. The summed E-state index contributed by atoms with van der Waals surface area (Å²) >= 11 is 21.4. The van der Waals surface area contributed by atoms with Gasteiger partial charge in [-0.15, -0.1) is 0 Å². The van der Waals surface area contributed by atoms with Crippen molar-refractivity contribution in [2.45, 2.75) is 10.9 Å². The Kier molecular flexibility index (Phi) is 5.32. The highest BCUT2D eigenvalue weighted by molar-refractivity contribution is 6.44. The van der Waals surface area contributed by atoms with E-state index in [0.717, 1.165) is 12.1 Å². The summed E-state index contributed by atoms with van der Waals surface area (Å²) in [5.41, 5.74) is -0.215. The fourth-order valence-corrected chi connectivity index (χ4v) is 1.68. The van der Waals surface area contributed by atoms with E-state index in [1.165, 1.54) is 0 Å². The first-order valence-corrected chi connectivity index (χ1v) is 6.08. The minimum Gasteiger partial charge on any atom is -0.530 e. The molecule has 0 atom stereocenters. The third-order valence-corrected chi connectivity index (χ3v) is 2.85. The molecule has 1 aromatic rings. The molecular formula is C9H4Cl4F2NO3-. The summed E-state index contributed by atoms with van der Waals surface area (Å²) in [7, 11) is 0. The SMILES string of the molecule is O=C([O-])Nc1c(Cl)cc(OC(F)(F)C(Cl)Cl)cc1Cl. The summed E-state index contributed by atoms with van der Waals surface area (Å²) in [4.78, 5) is 8.25. The van der Waals surface area contributed by atoms with Gasteiger partial charge in [0, 0.05) is 12.1 Å². The minimum absolute atomic E-state index is 0.215. The van der Waals surface area contributed by atoms with Crippen LogP contribution in [0.4, 0.5) is 19.3 Å². The smallest absolute Gasteiger partial charge is 0.428 e. The molecule has 1 rings (SSSR count). The normalized spacial score (nSPS) is 11.5. The van der Waals surface area contributed by atoms with Crippen LogP contribution < -0.4 is 15.2 Å². The summed E-state index contributed by atoms with van der Waals surface area (Å²) in [5.74, 6) is -0.435. The van der Waals surface area contributed by atoms with Gasteiger partial charge in [0.1, 0.15) is 11.8 Å². The predicted octanol–water partition coefficient (Wildman–Crippen LogP) is 3.52. The van der Waals surface area contributed by atoms with Crippen molar-refractivity contribution in [1.82, 2.24) is 0 Å². The summed E-state index contributed by atoms with van der Waals surface area (Å²) in [6.45, 7) is 0. The molecule has 0 aromatic heterocycles. The number of benzene rings is 1. The molecule has 0 aliphatic rings. The molecule has 10 heteroatoms. The Bertz CT molecular complexity index is 475. The van der Waals surface area contributed by atoms with E-state index in [4.69, 9.17) is 46.4 Å². The standard InChI is InChI=1S/C9H5Cl4F2NO3/c10-4-1-3(19-9(14,15)7(12)13)2-5(11)6(4)16-8(17)18/h1-2,7,16H,(H,17,18)/p-1. The maximum absolute atomic E-state index is 13.1. The number of halogens is 6. The molecule has 0 bridgehead atoms. The van der Waals surface area contributed by atoms with E-state index >= 15 is 0 Å². The minimum atomic E-state index is -3.86. The molecule has 0 aliphatic heterocycles. The van der Waals surface area contributed by atoms with Crippen LogP contribution in [0.5, 0.6) is 5.75 Å². The molecule has 1 aromatic carbocycles. The van der Waals surface area contributed by atoms with Crippen molar-refractivity contribution >= 4 is 58.2 Å². The second kappa shape index (κ2) is 6.17. The molecule has 4 nitrogen and oxygen atoms in total. The molecule has 19 heavy (non-hydrogen) atoms. The molecule has 0 aliphatic carbocycles. The van der Waals surface area contributed by atoms with Gasteiger partial charge in [0.15, 0.2) is 0 Å². The van der Waals surface area contributed by atoms with Gasteiger partial charge in [0.2, 0.25) is 4.84 Å². The quantitative estimate of drug-likeness (QED) is 0.842. The lowest BCUT2D eigenvalue weighted by Gasteiger charge is -2.20. The number of carbonyl (C=O) groups is 1. The Balaban J connectivity index is 3.05. The first-order valence-electron chi connectivity index (χ1n) is 4.45. The lowest BCUT2D eigenvalue weighted by molar-refractivity contribution is -0.242. The summed E-state index contributed by atoms with van der Waals surface area (Å²) in [6.07, 6.45) is -5.52. The number of nitrogens with one attached hydrogen (secondary N) is 1. The summed E-state index contributed by atoms with van der Waals surface area (Å²) in [5, 5.41) is 11.6. The van der Waals surface area contributed by atoms with Crippen LogP contribution in [0.15, 0.2) is 12.1 Å². The average molecular weight is 354 g/mol. The van der Waals surface area contributed by atoms with Gasteiger partial charge in [-0.1, -0.05) is 46.4 Å². The largest absolute Gasteiger partial charge is 0.530 e. The van der Waals surface area contributed by atoms with Crippen molar-refractivity contribution in [3.8, 4) is 5.75 Å². The third-order valence-electron chi connectivity index (χ3n) is 1.75. The van der Waals surface area contributed by atoms with Crippen LogP contribution in [0.3, 0.4) is 0 Å². The van der Waals surface area contributed by atoms with Gasteiger partial charge in [0.05, 0.1) is 15.7 Å². The van der Waals surface area contributed by atoms with Gasteiger partial charge in [0.25, 0.3) is 0 Å². The van der Waals surface area contributed by atoms with Crippen molar-refractivity contribution in [3.05, 3.63) is 22.2 Å². The van der Waals surface area contributed by atoms with Gasteiger partial charge < -0.3 is 20.0 Å². The highest BCUT2D eigenvalue weighted by Crippen LogP contribution is 2.38. The number of ether oxygens (including phenoxy) is 1. The number of amides is 1. The molecule has 0 radical (unpaired) electrons. The van der Waals surface area contributed by atoms with Crippen LogP contribution in [-0.4, -0.2) is 17.0 Å². The van der Waals surface area contributed by atoms with Crippen LogP contribution in [-0.2, 0) is 0 Å². The molecular weight excluding hydrogens is 350 g/mol. The highest BCUT2D eigenvalue weighted by Gasteiger charge is 2.40. The fraction of sp³-hybridized carbons (Fsp3) is 0.222. The Morgan fingerprint density at radius 3 is 2.16 bits per heavy atom. The van der Waals surface area contributed by atoms with Gasteiger partial charge >= 0.3 is 6.11 Å². The fourth-order valence-electron chi connectivity index (χ4n) is 1.03. The van der Waals surface area contributed by atoms with E-state index in [1.54, 1.807) is 5.32 Å². The van der Waals surface area contributed by atoms with Gasteiger partial charge in [-0.05, 0) is 0 Å². The Morgan fingerprint density at radius 2 is 1.79 bits per heavy atom. The molecule has 106 valence electrons. The highest BCUT2D eigenvalue weighted by atomic mass is 35.5. The van der Waals surface area contributed by atoms with Crippen LogP contribution in [0.25, 0.3) is 0 Å². The molecule has 0 spiro atoms. The monoisotopic (exact) mass is 352 g/mol. The van der Waals surface area contributed by atoms with Crippen molar-refractivity contribution in [3.63, 3.8) is 0 Å². The second-order valence-electron chi connectivity index (χ2n) is 3.14. The van der Waals surface area contributed by atoms with Crippen molar-refractivity contribution in [1.29, 1.82) is 0 Å². The number of rotatable bonds is 4. The zero-order chi connectivity index (χ0) is 14.8. The molecule has 0 unspecified atom stereocenters. The van der Waals surface area contributed by atoms with Gasteiger partial charge in [-0.3, -0.25) is 0 Å². The van der Waals surface area contributed by atoms with E-state index in [-0.39, 0.29) is 15.7 Å². The molecule has 0 fully saturated rings. The Morgan fingerprint density at radius 1 is 1.32 bits per heavy atom. The van der Waals surface area contributed by atoms with Crippen LogP contribution in [0, 0.1) is 0 Å². The first-order chi connectivity index (χ1) is 8.63. The Labute approximate surface area is 126 Å². The number of carbonyl (C=O) groups excluding carboxylic acids is 1. The molecule has 0 saturated heterocycles. The topological polar surface area (TPSA) is 61.4 Å². The van der Waals surface area contributed by atoms with E-state index in [1.807, 2.05) is 0 Å². The molecule has 0 saturated carbocycles. The van der Waals surface area contributed by atoms with Gasteiger partial charge in [-0.25, -0.2) is 0 Å². The van der Waals surface area contributed by atoms with E-state index in [0.29, 0.717) is 0 Å². The van der Waals surface area contributed by atoms with Crippen LogP contribution in [0.1, 0.15) is 0 Å². The van der Waals surface area contributed by atoms with Crippen LogP contribution >= 0.6 is 46.4 Å². The zero-order valence-corrected chi connectivity index (χ0v) is 11.7. The lowest BCUT2D eigenvalue weighted by atomic mass is 10.3. The maximum Gasteiger partial charge on any atom is 0.428 e. The maximum atomic E-state index is 13.1. The van der Waals surface area contributed by atoms with Crippen LogP contribution in [0.2, 0.25) is 10.0 Å². The van der Waals surface area contributed by atoms with Crippen molar-refractivity contribution < 1.29 is 23.4 Å². The number of carboxylic acid groups (broad SMARTS) is 1. The van der Waals surface area contributed by atoms with Gasteiger partial charge in [-0.2, -0.15) is 8.78 Å². The number of alkyl halides is 4. The molecule has 1 amide bonds. The predicted molar refractivity (Wildman–Crippen MR) is 66.5 cm³/mol. The molecule has 1 N–H and O–H groups in total. The first kappa shape index (κ1) is 16.4. The Hall–Kier alpha value is -0.690. The van der Waals surface area contributed by atoms with Crippen molar-refractivity contribution in [2.24, 2.45) is 0 Å². The number of hydrogen-bond acceptors (Lipinski definition) is 3. The second-order valence-corrected chi connectivity index (χ2v) is 5.05. The third kappa shape index (κ3) is 4.42. The zero-order valence-electron chi connectivity index (χ0n) is 8.72. The van der Waals surface area contributed by atoms with Crippen molar-refractivity contribution in [2.75, 3.05) is 5.32 Å².